The van der Waals surface area contributed by atoms with E-state index in [0.29, 0.717) is 33.4 Å². The topological polar surface area (TPSA) is 70.7 Å². The fourth-order valence-corrected chi connectivity index (χ4v) is 3.14. The minimum absolute atomic E-state index is 0.219. The highest BCUT2D eigenvalue weighted by Crippen LogP contribution is 2.30. The number of amides is 1. The zero-order chi connectivity index (χ0) is 19.5. The standard InChI is InChI=1S/C22H17ClN4O/c1-14-17(8-5-11-24-14)22(28)26-16-9-10-19(23)18(12-16)21-25-13-20(27-21)15-6-3-2-4-7-15/h2-13H,1H3,(H,25,27)(H,26,28). The highest BCUT2D eigenvalue weighted by atomic mass is 35.5. The van der Waals surface area contributed by atoms with Gasteiger partial charge in [0.2, 0.25) is 0 Å². The number of benzene rings is 2. The molecule has 4 rings (SSSR count). The SMILES string of the molecule is Cc1ncccc1C(=O)Nc1ccc(Cl)c(-c2ncc(-c3ccccc3)[nH]2)c1. The highest BCUT2D eigenvalue weighted by Gasteiger charge is 2.13. The van der Waals surface area contributed by atoms with Gasteiger partial charge in [-0.2, -0.15) is 0 Å². The zero-order valence-corrected chi connectivity index (χ0v) is 15.9. The van der Waals surface area contributed by atoms with Crippen LogP contribution in [-0.4, -0.2) is 20.9 Å². The van der Waals surface area contributed by atoms with E-state index in [0.717, 1.165) is 11.3 Å². The molecule has 0 bridgehead atoms. The normalized spacial score (nSPS) is 10.6. The van der Waals surface area contributed by atoms with Gasteiger partial charge in [-0.1, -0.05) is 41.9 Å². The van der Waals surface area contributed by atoms with Crippen LogP contribution in [0.4, 0.5) is 5.69 Å². The molecular weight excluding hydrogens is 372 g/mol. The summed E-state index contributed by atoms with van der Waals surface area (Å²) in [7, 11) is 0. The van der Waals surface area contributed by atoms with Crippen LogP contribution in [0.1, 0.15) is 16.1 Å². The molecule has 4 aromatic rings. The van der Waals surface area contributed by atoms with Gasteiger partial charge in [0.25, 0.3) is 5.91 Å². The molecule has 2 heterocycles. The van der Waals surface area contributed by atoms with Crippen molar-refractivity contribution < 1.29 is 4.79 Å². The fraction of sp³-hybridized carbons (Fsp3) is 0.0455. The number of halogens is 1. The lowest BCUT2D eigenvalue weighted by molar-refractivity contribution is 0.102. The number of imidazole rings is 1. The third-order valence-electron chi connectivity index (χ3n) is 4.39. The molecule has 0 spiro atoms. The van der Waals surface area contributed by atoms with Gasteiger partial charge in [-0.05, 0) is 42.8 Å². The molecule has 2 N–H and O–H groups in total. The van der Waals surface area contributed by atoms with Crippen LogP contribution in [0.3, 0.4) is 0 Å². The minimum atomic E-state index is -0.219. The van der Waals surface area contributed by atoms with Crippen molar-refractivity contribution in [2.45, 2.75) is 6.92 Å². The first-order valence-electron chi connectivity index (χ1n) is 8.75. The predicted molar refractivity (Wildman–Crippen MR) is 111 cm³/mol. The Morgan fingerprint density at radius 3 is 2.64 bits per heavy atom. The molecule has 0 fully saturated rings. The second-order valence-electron chi connectivity index (χ2n) is 6.30. The third kappa shape index (κ3) is 3.66. The maximum absolute atomic E-state index is 12.5. The number of hydrogen-bond donors (Lipinski definition) is 2. The van der Waals surface area contributed by atoms with Gasteiger partial charge in [0.05, 0.1) is 22.5 Å². The van der Waals surface area contributed by atoms with Crippen molar-refractivity contribution in [1.29, 1.82) is 0 Å². The number of rotatable bonds is 4. The summed E-state index contributed by atoms with van der Waals surface area (Å²) in [5, 5.41) is 3.44. The molecule has 2 aromatic heterocycles. The minimum Gasteiger partial charge on any atom is -0.338 e. The second-order valence-corrected chi connectivity index (χ2v) is 6.70. The summed E-state index contributed by atoms with van der Waals surface area (Å²) in [5.74, 6) is 0.417. The Kier molecular flexibility index (Phi) is 4.91. The number of aromatic nitrogens is 3. The Bertz CT molecular complexity index is 1140. The Hall–Kier alpha value is -3.44. The van der Waals surface area contributed by atoms with Crippen molar-refractivity contribution in [3.63, 3.8) is 0 Å². The van der Waals surface area contributed by atoms with Crippen LogP contribution in [0.25, 0.3) is 22.6 Å². The maximum atomic E-state index is 12.5. The second kappa shape index (κ2) is 7.66. The van der Waals surface area contributed by atoms with Gasteiger partial charge in [0, 0.05) is 23.1 Å². The monoisotopic (exact) mass is 388 g/mol. The first-order chi connectivity index (χ1) is 13.6. The molecule has 0 atom stereocenters. The number of carbonyl (C=O) groups is 1. The summed E-state index contributed by atoms with van der Waals surface area (Å²) >= 11 is 6.38. The summed E-state index contributed by atoms with van der Waals surface area (Å²) < 4.78 is 0. The number of nitrogens with zero attached hydrogens (tertiary/aromatic N) is 2. The number of hydrogen-bond acceptors (Lipinski definition) is 3. The van der Waals surface area contributed by atoms with E-state index in [4.69, 9.17) is 11.6 Å². The molecule has 0 radical (unpaired) electrons. The van der Waals surface area contributed by atoms with E-state index < -0.39 is 0 Å². The Labute approximate surface area is 167 Å². The van der Waals surface area contributed by atoms with Crippen LogP contribution in [-0.2, 0) is 0 Å². The smallest absolute Gasteiger partial charge is 0.257 e. The van der Waals surface area contributed by atoms with E-state index in [-0.39, 0.29) is 5.91 Å². The molecule has 0 saturated heterocycles. The molecule has 0 aliphatic heterocycles. The van der Waals surface area contributed by atoms with Gasteiger partial charge in [-0.3, -0.25) is 9.78 Å². The number of anilines is 1. The first kappa shape index (κ1) is 17.9. The van der Waals surface area contributed by atoms with Crippen LogP contribution in [0.15, 0.2) is 73.1 Å². The van der Waals surface area contributed by atoms with Crippen molar-refractivity contribution in [3.8, 4) is 22.6 Å². The number of pyridine rings is 1. The Balaban J connectivity index is 1.62. The molecule has 6 heteroatoms. The lowest BCUT2D eigenvalue weighted by Gasteiger charge is -2.09. The van der Waals surface area contributed by atoms with E-state index >= 15 is 0 Å². The van der Waals surface area contributed by atoms with Crippen molar-refractivity contribution in [3.05, 3.63) is 89.3 Å². The number of aryl methyl sites for hydroxylation is 1. The van der Waals surface area contributed by atoms with E-state index in [1.807, 2.05) is 30.3 Å². The number of H-pyrrole nitrogens is 1. The number of nitrogens with one attached hydrogen (secondary N) is 2. The van der Waals surface area contributed by atoms with Crippen LogP contribution in [0, 0.1) is 6.92 Å². The summed E-state index contributed by atoms with van der Waals surface area (Å²) in [5.41, 5.74) is 4.48. The lowest BCUT2D eigenvalue weighted by Crippen LogP contribution is -2.14. The predicted octanol–water partition coefficient (Wildman–Crippen LogP) is 5.35. The average Bonchev–Trinajstić information content (AvgIpc) is 3.20. The summed E-state index contributed by atoms with van der Waals surface area (Å²) in [6.07, 6.45) is 3.43. The molecule has 2 aromatic carbocycles. The largest absolute Gasteiger partial charge is 0.338 e. The average molecular weight is 389 g/mol. The molecule has 28 heavy (non-hydrogen) atoms. The first-order valence-corrected chi connectivity index (χ1v) is 9.13. The van der Waals surface area contributed by atoms with Gasteiger partial charge in [0.1, 0.15) is 5.82 Å². The van der Waals surface area contributed by atoms with E-state index in [1.54, 1.807) is 49.6 Å². The molecule has 1 amide bonds. The third-order valence-corrected chi connectivity index (χ3v) is 4.72. The summed E-state index contributed by atoms with van der Waals surface area (Å²) in [6.45, 7) is 1.80. The molecule has 0 unspecified atom stereocenters. The van der Waals surface area contributed by atoms with E-state index in [9.17, 15) is 4.79 Å². The van der Waals surface area contributed by atoms with Crippen LogP contribution < -0.4 is 5.32 Å². The van der Waals surface area contributed by atoms with Crippen LogP contribution in [0.5, 0.6) is 0 Å². The quantitative estimate of drug-likeness (QED) is 0.494. The highest BCUT2D eigenvalue weighted by molar-refractivity contribution is 6.33. The Morgan fingerprint density at radius 1 is 1.04 bits per heavy atom. The van der Waals surface area contributed by atoms with Gasteiger partial charge in [0.15, 0.2) is 0 Å². The molecular formula is C22H17ClN4O. The summed E-state index contributed by atoms with van der Waals surface area (Å²) in [6, 6.07) is 18.7. The van der Waals surface area contributed by atoms with E-state index in [2.05, 4.69) is 20.3 Å². The van der Waals surface area contributed by atoms with Crippen molar-refractivity contribution in [2.24, 2.45) is 0 Å². The van der Waals surface area contributed by atoms with Crippen LogP contribution in [0.2, 0.25) is 5.02 Å². The van der Waals surface area contributed by atoms with Crippen molar-refractivity contribution in [1.82, 2.24) is 15.0 Å². The molecule has 0 aliphatic carbocycles. The number of carbonyl (C=O) groups excluding carboxylic acids is 1. The fourth-order valence-electron chi connectivity index (χ4n) is 2.93. The number of aromatic amines is 1. The molecule has 0 aliphatic rings. The van der Waals surface area contributed by atoms with Gasteiger partial charge < -0.3 is 10.3 Å². The summed E-state index contributed by atoms with van der Waals surface area (Å²) in [4.78, 5) is 24.4. The van der Waals surface area contributed by atoms with Gasteiger partial charge in [-0.25, -0.2) is 4.98 Å². The van der Waals surface area contributed by atoms with Gasteiger partial charge in [-0.15, -0.1) is 0 Å². The zero-order valence-electron chi connectivity index (χ0n) is 15.1. The molecule has 138 valence electrons. The Morgan fingerprint density at radius 2 is 1.86 bits per heavy atom. The lowest BCUT2D eigenvalue weighted by atomic mass is 10.1. The van der Waals surface area contributed by atoms with Crippen molar-refractivity contribution >= 4 is 23.2 Å². The van der Waals surface area contributed by atoms with Gasteiger partial charge >= 0.3 is 0 Å². The maximum Gasteiger partial charge on any atom is 0.257 e. The van der Waals surface area contributed by atoms with Crippen molar-refractivity contribution in [2.75, 3.05) is 5.32 Å². The van der Waals surface area contributed by atoms with E-state index in [1.165, 1.54) is 0 Å². The molecule has 5 nitrogen and oxygen atoms in total. The molecule has 0 saturated carbocycles. The van der Waals surface area contributed by atoms with Crippen LogP contribution >= 0.6 is 11.6 Å².